The molecular weight excluding hydrogens is 429 g/mol. The quantitative estimate of drug-likeness (QED) is 0.726. The average Bonchev–Trinajstić information content (AvgIpc) is 2.87. The van der Waals surface area contributed by atoms with E-state index in [0.717, 1.165) is 17.2 Å². The van der Waals surface area contributed by atoms with Crippen LogP contribution in [-0.4, -0.2) is 43.1 Å². The first-order chi connectivity index (χ1) is 14.0. The van der Waals surface area contributed by atoms with Gasteiger partial charge in [-0.3, -0.25) is 0 Å². The Bertz CT molecular complexity index is 1020. The zero-order valence-corrected chi connectivity index (χ0v) is 19.0. The maximum Gasteiger partial charge on any atom is 0.243 e. The van der Waals surface area contributed by atoms with Crippen LogP contribution in [0.3, 0.4) is 0 Å². The average molecular weight is 456 g/mol. The molecule has 0 aromatic heterocycles. The van der Waals surface area contributed by atoms with E-state index in [1.165, 1.54) is 16.4 Å². The molecule has 1 saturated heterocycles. The molecule has 2 aromatic rings. The van der Waals surface area contributed by atoms with Crippen molar-refractivity contribution >= 4 is 21.6 Å². The molecule has 1 atom stereocenters. The van der Waals surface area contributed by atoms with Crippen molar-refractivity contribution in [3.05, 3.63) is 57.9 Å². The highest BCUT2D eigenvalue weighted by Gasteiger charge is 2.35. The molecule has 0 aliphatic carbocycles. The third-order valence-electron chi connectivity index (χ3n) is 5.55. The lowest BCUT2D eigenvalue weighted by molar-refractivity contribution is -0.0156. The van der Waals surface area contributed by atoms with E-state index in [9.17, 15) is 17.9 Å². The fourth-order valence-electron chi connectivity index (χ4n) is 3.79. The largest absolute Gasteiger partial charge is 0.491 e. The molecule has 3 rings (SSSR count). The Morgan fingerprint density at radius 1 is 1.10 bits per heavy atom. The molecule has 1 fully saturated rings. The van der Waals surface area contributed by atoms with Gasteiger partial charge in [0.15, 0.2) is 0 Å². The van der Waals surface area contributed by atoms with Gasteiger partial charge < -0.3 is 9.84 Å². The van der Waals surface area contributed by atoms with Crippen molar-refractivity contribution in [2.45, 2.75) is 50.5 Å². The van der Waals surface area contributed by atoms with Crippen molar-refractivity contribution in [2.24, 2.45) is 0 Å². The van der Waals surface area contributed by atoms with E-state index in [2.05, 4.69) is 0 Å². The van der Waals surface area contributed by atoms with Gasteiger partial charge in [-0.15, -0.1) is 0 Å². The number of nitrogens with zero attached hydrogens (tertiary/aromatic N) is 1. The lowest BCUT2D eigenvalue weighted by Gasteiger charge is -2.27. The van der Waals surface area contributed by atoms with Crippen LogP contribution in [0.1, 0.15) is 36.0 Å². The van der Waals surface area contributed by atoms with E-state index in [0.29, 0.717) is 35.7 Å². The monoisotopic (exact) mass is 455 g/mol. The van der Waals surface area contributed by atoms with E-state index in [-0.39, 0.29) is 24.5 Å². The number of aliphatic hydroxyl groups is 1. The van der Waals surface area contributed by atoms with Crippen molar-refractivity contribution < 1.29 is 22.7 Å². The summed E-state index contributed by atoms with van der Waals surface area (Å²) in [6, 6.07) is 7.31. The molecular formula is C22H27ClFNO4S. The van der Waals surface area contributed by atoms with Gasteiger partial charge in [0.25, 0.3) is 0 Å². The maximum atomic E-state index is 13.4. The molecule has 0 saturated carbocycles. The molecule has 1 N–H and O–H groups in total. The molecule has 0 radical (unpaired) electrons. The highest BCUT2D eigenvalue weighted by atomic mass is 35.5. The van der Waals surface area contributed by atoms with Crippen molar-refractivity contribution in [3.8, 4) is 5.75 Å². The molecule has 0 spiro atoms. The molecule has 0 bridgehead atoms. The first kappa shape index (κ1) is 23.0. The smallest absolute Gasteiger partial charge is 0.243 e. The molecule has 1 aliphatic rings. The van der Waals surface area contributed by atoms with Crippen LogP contribution >= 0.6 is 11.6 Å². The van der Waals surface area contributed by atoms with Crippen LogP contribution in [0.5, 0.6) is 5.75 Å². The van der Waals surface area contributed by atoms with Crippen LogP contribution in [0.15, 0.2) is 35.2 Å². The van der Waals surface area contributed by atoms with Gasteiger partial charge in [0, 0.05) is 18.1 Å². The Morgan fingerprint density at radius 2 is 1.77 bits per heavy atom. The SMILES string of the molecule is Cc1cc(F)ccc1S(=O)(=O)N1CCCC(O)(COc2cc(C)c(Cl)c(C)c2)CC1. The molecule has 5 nitrogen and oxygen atoms in total. The number of sulfonamides is 1. The molecule has 1 heterocycles. The molecule has 8 heteroatoms. The maximum absolute atomic E-state index is 13.4. The second-order valence-corrected chi connectivity index (χ2v) is 10.3. The van der Waals surface area contributed by atoms with Crippen molar-refractivity contribution in [3.63, 3.8) is 0 Å². The van der Waals surface area contributed by atoms with Gasteiger partial charge in [-0.05, 0) is 87.1 Å². The fraction of sp³-hybridized carbons (Fsp3) is 0.455. The number of rotatable bonds is 5. The number of aryl methyl sites for hydroxylation is 3. The normalized spacial score (nSPS) is 20.7. The molecule has 30 heavy (non-hydrogen) atoms. The van der Waals surface area contributed by atoms with Gasteiger partial charge in [-0.25, -0.2) is 12.8 Å². The predicted octanol–water partition coefficient (Wildman–Crippen LogP) is 4.39. The standard InChI is InChI=1S/C22H27ClFNO4S/c1-15-11-18(24)5-6-20(15)30(27,28)25-9-4-7-22(26,8-10-25)14-29-19-12-16(2)21(23)17(3)13-19/h5-6,11-13,26H,4,7-10,14H2,1-3H3. The summed E-state index contributed by atoms with van der Waals surface area (Å²) >= 11 is 6.19. The Balaban J connectivity index is 1.70. The van der Waals surface area contributed by atoms with Gasteiger partial charge in [0.1, 0.15) is 18.2 Å². The number of benzene rings is 2. The zero-order valence-electron chi connectivity index (χ0n) is 17.4. The van der Waals surface area contributed by atoms with Gasteiger partial charge in [-0.1, -0.05) is 11.6 Å². The zero-order chi connectivity index (χ0) is 22.1. The van der Waals surface area contributed by atoms with Crippen LogP contribution in [0.2, 0.25) is 5.02 Å². The number of ether oxygens (including phenoxy) is 1. The molecule has 0 amide bonds. The minimum absolute atomic E-state index is 0.0664. The first-order valence-electron chi connectivity index (χ1n) is 9.90. The molecule has 164 valence electrons. The van der Waals surface area contributed by atoms with Crippen LogP contribution in [0.4, 0.5) is 4.39 Å². The van der Waals surface area contributed by atoms with E-state index in [4.69, 9.17) is 16.3 Å². The summed E-state index contributed by atoms with van der Waals surface area (Å²) in [5.41, 5.74) is 1.02. The van der Waals surface area contributed by atoms with Crippen LogP contribution in [-0.2, 0) is 10.0 Å². The van der Waals surface area contributed by atoms with Gasteiger partial charge in [0.2, 0.25) is 10.0 Å². The predicted molar refractivity (Wildman–Crippen MR) is 115 cm³/mol. The second-order valence-electron chi connectivity index (χ2n) is 8.05. The molecule has 2 aromatic carbocycles. The summed E-state index contributed by atoms with van der Waals surface area (Å²) in [6.45, 7) is 5.88. The van der Waals surface area contributed by atoms with E-state index in [1.54, 1.807) is 6.92 Å². The van der Waals surface area contributed by atoms with E-state index < -0.39 is 21.4 Å². The van der Waals surface area contributed by atoms with Crippen molar-refractivity contribution in [2.75, 3.05) is 19.7 Å². The summed E-state index contributed by atoms with van der Waals surface area (Å²) < 4.78 is 46.7. The van der Waals surface area contributed by atoms with Gasteiger partial charge in [0.05, 0.1) is 10.5 Å². The number of hydrogen-bond acceptors (Lipinski definition) is 4. The Kier molecular flexibility index (Phi) is 6.77. The Hall–Kier alpha value is -1.67. The summed E-state index contributed by atoms with van der Waals surface area (Å²) in [7, 11) is -3.77. The van der Waals surface area contributed by atoms with Crippen LogP contribution in [0, 0.1) is 26.6 Å². The minimum Gasteiger partial charge on any atom is -0.491 e. The molecule has 1 unspecified atom stereocenters. The third kappa shape index (κ3) is 4.97. The third-order valence-corrected chi connectivity index (χ3v) is 8.20. The fourth-order valence-corrected chi connectivity index (χ4v) is 5.58. The Morgan fingerprint density at radius 3 is 2.40 bits per heavy atom. The van der Waals surface area contributed by atoms with Gasteiger partial charge >= 0.3 is 0 Å². The lowest BCUT2D eigenvalue weighted by atomic mass is 9.96. The second kappa shape index (κ2) is 8.83. The highest BCUT2D eigenvalue weighted by molar-refractivity contribution is 7.89. The highest BCUT2D eigenvalue weighted by Crippen LogP contribution is 2.30. The van der Waals surface area contributed by atoms with Crippen molar-refractivity contribution in [1.82, 2.24) is 4.31 Å². The van der Waals surface area contributed by atoms with Gasteiger partial charge in [-0.2, -0.15) is 4.31 Å². The summed E-state index contributed by atoms with van der Waals surface area (Å²) in [5, 5.41) is 11.7. The summed E-state index contributed by atoms with van der Waals surface area (Å²) in [5.74, 6) is 0.153. The van der Waals surface area contributed by atoms with E-state index in [1.807, 2.05) is 26.0 Å². The van der Waals surface area contributed by atoms with Crippen LogP contribution in [0.25, 0.3) is 0 Å². The van der Waals surface area contributed by atoms with E-state index >= 15 is 0 Å². The first-order valence-corrected chi connectivity index (χ1v) is 11.7. The summed E-state index contributed by atoms with van der Waals surface area (Å²) in [4.78, 5) is 0.0951. The Labute approximate surface area is 182 Å². The van der Waals surface area contributed by atoms with Crippen molar-refractivity contribution in [1.29, 1.82) is 0 Å². The number of hydrogen-bond donors (Lipinski definition) is 1. The lowest BCUT2D eigenvalue weighted by Crippen LogP contribution is -2.38. The molecule has 1 aliphatic heterocycles. The van der Waals surface area contributed by atoms with Crippen LogP contribution < -0.4 is 4.74 Å². The topological polar surface area (TPSA) is 66.8 Å². The minimum atomic E-state index is -3.77. The number of halogens is 2. The summed E-state index contributed by atoms with van der Waals surface area (Å²) in [6.07, 6.45) is 1.17.